The molecule has 0 fully saturated rings. The maximum atomic E-state index is 11.3. The number of carbonyl (C=O) groups is 2. The summed E-state index contributed by atoms with van der Waals surface area (Å²) in [5.74, 6) is -1.06. The van der Waals surface area contributed by atoms with E-state index >= 15 is 0 Å². The van der Waals surface area contributed by atoms with Crippen molar-refractivity contribution in [3.05, 3.63) is 5.82 Å². The Hall–Kier alpha value is -2.23. The van der Waals surface area contributed by atoms with Gasteiger partial charge < -0.3 is 20.8 Å². The Morgan fingerprint density at radius 2 is 2.18 bits per heavy atom. The van der Waals surface area contributed by atoms with E-state index in [0.717, 1.165) is 0 Å². The fraction of sp³-hybridized carbons (Fsp3) is 0.571. The molecule has 0 radical (unpaired) electrons. The van der Waals surface area contributed by atoms with E-state index in [4.69, 9.17) is 10.2 Å². The Kier molecular flexibility index (Phi) is 4.34. The minimum atomic E-state index is -1.35. The SMILES string of the molecule is CC(NC(=O)NC(CO)C(=O)O)c1nn[nH]n1. The summed E-state index contributed by atoms with van der Waals surface area (Å²) in [6.45, 7) is 0.901. The Bertz CT molecular complexity index is 380. The van der Waals surface area contributed by atoms with E-state index in [-0.39, 0.29) is 5.82 Å². The van der Waals surface area contributed by atoms with Gasteiger partial charge in [0.05, 0.1) is 12.6 Å². The summed E-state index contributed by atoms with van der Waals surface area (Å²) in [4.78, 5) is 21.9. The topological polar surface area (TPSA) is 153 Å². The predicted molar refractivity (Wildman–Crippen MR) is 52.8 cm³/mol. The molecular formula is C7H12N6O4. The number of aromatic amines is 1. The second-order valence-electron chi connectivity index (χ2n) is 3.18. The van der Waals surface area contributed by atoms with Crippen molar-refractivity contribution >= 4 is 12.0 Å². The molecule has 0 saturated carbocycles. The number of carbonyl (C=O) groups excluding carboxylic acids is 1. The molecule has 17 heavy (non-hydrogen) atoms. The summed E-state index contributed by atoms with van der Waals surface area (Å²) >= 11 is 0. The van der Waals surface area contributed by atoms with Gasteiger partial charge in [0, 0.05) is 0 Å². The normalized spacial score (nSPS) is 13.8. The molecule has 0 aliphatic carbocycles. The first kappa shape index (κ1) is 12.8. The number of aromatic nitrogens is 4. The van der Waals surface area contributed by atoms with Crippen LogP contribution in [0, 0.1) is 0 Å². The largest absolute Gasteiger partial charge is 0.480 e. The molecule has 10 heteroatoms. The number of hydrogen-bond acceptors (Lipinski definition) is 6. The van der Waals surface area contributed by atoms with Crippen LogP contribution in [0.4, 0.5) is 4.79 Å². The number of nitrogens with zero attached hydrogens (tertiary/aromatic N) is 3. The van der Waals surface area contributed by atoms with Crippen LogP contribution in [0.15, 0.2) is 0 Å². The maximum absolute atomic E-state index is 11.3. The Morgan fingerprint density at radius 3 is 2.65 bits per heavy atom. The lowest BCUT2D eigenvalue weighted by Crippen LogP contribution is -2.48. The van der Waals surface area contributed by atoms with Gasteiger partial charge in [-0.1, -0.05) is 5.21 Å². The zero-order valence-electron chi connectivity index (χ0n) is 8.91. The third-order valence-corrected chi connectivity index (χ3v) is 1.88. The molecule has 94 valence electrons. The van der Waals surface area contributed by atoms with Gasteiger partial charge in [0.1, 0.15) is 0 Å². The lowest BCUT2D eigenvalue weighted by molar-refractivity contribution is -0.140. The number of aliphatic carboxylic acids is 1. The van der Waals surface area contributed by atoms with Gasteiger partial charge in [0.15, 0.2) is 11.9 Å². The van der Waals surface area contributed by atoms with Crippen molar-refractivity contribution < 1.29 is 19.8 Å². The molecule has 5 N–H and O–H groups in total. The molecule has 0 aliphatic heterocycles. The lowest BCUT2D eigenvalue weighted by Gasteiger charge is -2.14. The van der Waals surface area contributed by atoms with Gasteiger partial charge in [-0.2, -0.15) is 5.21 Å². The Balaban J connectivity index is 2.47. The highest BCUT2D eigenvalue weighted by Gasteiger charge is 2.20. The molecule has 0 aromatic carbocycles. The first-order valence-corrected chi connectivity index (χ1v) is 4.68. The van der Waals surface area contributed by atoms with Crippen molar-refractivity contribution in [2.75, 3.05) is 6.61 Å². The second kappa shape index (κ2) is 5.75. The van der Waals surface area contributed by atoms with E-state index in [1.54, 1.807) is 6.92 Å². The van der Waals surface area contributed by atoms with E-state index in [1.807, 2.05) is 0 Å². The van der Waals surface area contributed by atoms with Crippen LogP contribution < -0.4 is 10.6 Å². The first-order chi connectivity index (χ1) is 8.04. The molecule has 0 saturated heterocycles. The molecule has 1 aromatic rings. The fourth-order valence-electron chi connectivity index (χ4n) is 1.000. The van der Waals surface area contributed by atoms with Crippen molar-refractivity contribution in [3.8, 4) is 0 Å². The van der Waals surface area contributed by atoms with Crippen LogP contribution in [0.2, 0.25) is 0 Å². The third kappa shape index (κ3) is 3.68. The monoisotopic (exact) mass is 244 g/mol. The maximum Gasteiger partial charge on any atom is 0.328 e. The highest BCUT2D eigenvalue weighted by molar-refractivity contribution is 5.82. The zero-order valence-corrected chi connectivity index (χ0v) is 8.91. The number of H-pyrrole nitrogens is 1. The number of nitrogens with one attached hydrogen (secondary N) is 3. The third-order valence-electron chi connectivity index (χ3n) is 1.88. The molecule has 1 heterocycles. The van der Waals surface area contributed by atoms with Crippen LogP contribution in [0.1, 0.15) is 18.8 Å². The summed E-state index contributed by atoms with van der Waals surface area (Å²) in [6, 6.07) is -2.64. The molecule has 0 spiro atoms. The van der Waals surface area contributed by atoms with Gasteiger partial charge in [0.2, 0.25) is 0 Å². The molecule has 1 rings (SSSR count). The number of urea groups is 1. The van der Waals surface area contributed by atoms with Crippen LogP contribution in [-0.4, -0.2) is 55.5 Å². The van der Waals surface area contributed by atoms with Crippen molar-refractivity contribution in [2.24, 2.45) is 0 Å². The Labute approximate surface area is 95.4 Å². The van der Waals surface area contributed by atoms with Crippen LogP contribution in [0.5, 0.6) is 0 Å². The smallest absolute Gasteiger partial charge is 0.328 e. The van der Waals surface area contributed by atoms with Gasteiger partial charge >= 0.3 is 12.0 Å². The standard InChI is InChI=1S/C7H12N6O4/c1-3(5-10-12-13-11-5)8-7(17)9-4(2-14)6(15)16/h3-4,14H,2H2,1H3,(H,15,16)(H2,8,9,17)(H,10,11,12,13). The number of carboxylic acid groups (broad SMARTS) is 1. The van der Waals surface area contributed by atoms with Crippen molar-refractivity contribution in [2.45, 2.75) is 19.0 Å². The fourth-order valence-corrected chi connectivity index (χ4v) is 1.000. The number of aliphatic hydroxyl groups excluding tert-OH is 1. The number of aliphatic hydroxyl groups is 1. The zero-order chi connectivity index (χ0) is 12.8. The predicted octanol–water partition coefficient (Wildman–Crippen LogP) is -1.99. The number of hydrogen-bond donors (Lipinski definition) is 5. The van der Waals surface area contributed by atoms with Gasteiger partial charge in [-0.3, -0.25) is 0 Å². The average Bonchev–Trinajstić information content (AvgIpc) is 2.78. The summed E-state index contributed by atoms with van der Waals surface area (Å²) in [7, 11) is 0. The summed E-state index contributed by atoms with van der Waals surface area (Å²) in [6.07, 6.45) is 0. The molecule has 2 amide bonds. The molecule has 1 aromatic heterocycles. The molecule has 2 unspecified atom stereocenters. The van der Waals surface area contributed by atoms with Crippen LogP contribution in [-0.2, 0) is 4.79 Å². The van der Waals surface area contributed by atoms with E-state index < -0.39 is 30.7 Å². The van der Waals surface area contributed by atoms with Gasteiger partial charge in [0.25, 0.3) is 0 Å². The van der Waals surface area contributed by atoms with Gasteiger partial charge in [-0.05, 0) is 6.92 Å². The van der Waals surface area contributed by atoms with E-state index in [0.29, 0.717) is 0 Å². The summed E-state index contributed by atoms with van der Waals surface area (Å²) in [5, 5.41) is 34.6. The molecule has 2 atom stereocenters. The molecule has 10 nitrogen and oxygen atoms in total. The quantitative estimate of drug-likeness (QED) is 0.401. The number of tetrazole rings is 1. The first-order valence-electron chi connectivity index (χ1n) is 4.68. The summed E-state index contributed by atoms with van der Waals surface area (Å²) < 4.78 is 0. The van der Waals surface area contributed by atoms with Crippen molar-refractivity contribution in [1.82, 2.24) is 31.3 Å². The average molecular weight is 244 g/mol. The number of carboxylic acids is 1. The van der Waals surface area contributed by atoms with E-state index in [9.17, 15) is 9.59 Å². The van der Waals surface area contributed by atoms with E-state index in [2.05, 4.69) is 31.3 Å². The molecule has 0 bridgehead atoms. The minimum absolute atomic E-state index is 0.260. The summed E-state index contributed by atoms with van der Waals surface area (Å²) in [5.41, 5.74) is 0. The highest BCUT2D eigenvalue weighted by atomic mass is 16.4. The second-order valence-corrected chi connectivity index (χ2v) is 3.18. The number of rotatable bonds is 5. The van der Waals surface area contributed by atoms with Crippen LogP contribution >= 0.6 is 0 Å². The molecular weight excluding hydrogens is 232 g/mol. The number of amides is 2. The van der Waals surface area contributed by atoms with E-state index in [1.165, 1.54) is 0 Å². The van der Waals surface area contributed by atoms with Gasteiger partial charge in [-0.15, -0.1) is 10.2 Å². The molecule has 0 aliphatic rings. The van der Waals surface area contributed by atoms with Crippen LogP contribution in [0.25, 0.3) is 0 Å². The highest BCUT2D eigenvalue weighted by Crippen LogP contribution is 2.02. The van der Waals surface area contributed by atoms with Crippen molar-refractivity contribution in [1.29, 1.82) is 0 Å². The lowest BCUT2D eigenvalue weighted by atomic mass is 10.3. The minimum Gasteiger partial charge on any atom is -0.480 e. The van der Waals surface area contributed by atoms with Crippen LogP contribution in [0.3, 0.4) is 0 Å². The Morgan fingerprint density at radius 1 is 1.47 bits per heavy atom. The van der Waals surface area contributed by atoms with Gasteiger partial charge in [-0.25, -0.2) is 9.59 Å². The van der Waals surface area contributed by atoms with Crippen molar-refractivity contribution in [3.63, 3.8) is 0 Å².